The van der Waals surface area contributed by atoms with E-state index in [9.17, 15) is 0 Å². The van der Waals surface area contributed by atoms with Crippen LogP contribution in [0.5, 0.6) is 0 Å². The van der Waals surface area contributed by atoms with Crippen molar-refractivity contribution in [2.24, 2.45) is 5.92 Å². The van der Waals surface area contributed by atoms with E-state index in [-0.39, 0.29) is 0 Å². The molecule has 1 aliphatic rings. The van der Waals surface area contributed by atoms with E-state index in [1.807, 2.05) is 0 Å². The predicted molar refractivity (Wildman–Crippen MR) is 90.5 cm³/mol. The van der Waals surface area contributed by atoms with E-state index in [0.717, 1.165) is 19.6 Å². The summed E-state index contributed by atoms with van der Waals surface area (Å²) >= 11 is 0. The van der Waals surface area contributed by atoms with E-state index in [1.54, 1.807) is 0 Å². The van der Waals surface area contributed by atoms with Crippen LogP contribution >= 0.6 is 0 Å². The lowest BCUT2D eigenvalue weighted by atomic mass is 10.0. The zero-order chi connectivity index (χ0) is 14.7. The SMILES string of the molecule is CC(C)CN(Cc1cccc2ccccc12)[C@H]1CCNC1. The molecule has 3 rings (SSSR count). The van der Waals surface area contributed by atoms with Gasteiger partial charge in [-0.25, -0.2) is 0 Å². The number of nitrogens with one attached hydrogen (secondary N) is 1. The molecule has 21 heavy (non-hydrogen) atoms. The largest absolute Gasteiger partial charge is 0.315 e. The first-order chi connectivity index (χ1) is 10.2. The number of hydrogen-bond donors (Lipinski definition) is 1. The summed E-state index contributed by atoms with van der Waals surface area (Å²) in [5.41, 5.74) is 1.46. The van der Waals surface area contributed by atoms with Gasteiger partial charge in [-0.15, -0.1) is 0 Å². The Labute approximate surface area is 128 Å². The Bertz CT molecular complexity index is 580. The fourth-order valence-electron chi connectivity index (χ4n) is 3.41. The van der Waals surface area contributed by atoms with Crippen LogP contribution in [0.4, 0.5) is 0 Å². The lowest BCUT2D eigenvalue weighted by Crippen LogP contribution is -2.38. The molecule has 2 aromatic carbocycles. The second kappa shape index (κ2) is 6.59. The molecule has 0 aliphatic carbocycles. The quantitative estimate of drug-likeness (QED) is 0.900. The minimum Gasteiger partial charge on any atom is -0.315 e. The van der Waals surface area contributed by atoms with Crippen LogP contribution < -0.4 is 5.32 Å². The molecule has 2 aromatic rings. The summed E-state index contributed by atoms with van der Waals surface area (Å²) in [6.45, 7) is 9.17. The third kappa shape index (κ3) is 3.45. The Hall–Kier alpha value is -1.38. The zero-order valence-corrected chi connectivity index (χ0v) is 13.2. The fraction of sp³-hybridized carbons (Fsp3) is 0.474. The Morgan fingerprint density at radius 2 is 1.95 bits per heavy atom. The summed E-state index contributed by atoms with van der Waals surface area (Å²) in [5.74, 6) is 0.709. The van der Waals surface area contributed by atoms with Gasteiger partial charge in [-0.3, -0.25) is 4.90 Å². The number of hydrogen-bond acceptors (Lipinski definition) is 2. The number of rotatable bonds is 5. The van der Waals surface area contributed by atoms with Crippen LogP contribution in [0, 0.1) is 5.92 Å². The molecule has 0 radical (unpaired) electrons. The molecule has 0 spiro atoms. The van der Waals surface area contributed by atoms with Crippen LogP contribution in [0.25, 0.3) is 10.8 Å². The predicted octanol–water partition coefficient (Wildman–Crippen LogP) is 3.66. The molecular weight excluding hydrogens is 256 g/mol. The van der Waals surface area contributed by atoms with Gasteiger partial charge in [-0.1, -0.05) is 56.3 Å². The van der Waals surface area contributed by atoms with Crippen LogP contribution in [0.1, 0.15) is 25.8 Å². The number of nitrogens with zero attached hydrogens (tertiary/aromatic N) is 1. The molecule has 0 bridgehead atoms. The van der Waals surface area contributed by atoms with Crippen molar-refractivity contribution in [3.05, 3.63) is 48.0 Å². The first-order valence-corrected chi connectivity index (χ1v) is 8.15. The van der Waals surface area contributed by atoms with Crippen LogP contribution in [0.2, 0.25) is 0 Å². The van der Waals surface area contributed by atoms with Crippen molar-refractivity contribution in [1.29, 1.82) is 0 Å². The summed E-state index contributed by atoms with van der Waals surface area (Å²) in [6.07, 6.45) is 1.28. The van der Waals surface area contributed by atoms with E-state index in [1.165, 1.54) is 29.3 Å². The molecule has 1 heterocycles. The molecule has 112 valence electrons. The van der Waals surface area contributed by atoms with E-state index < -0.39 is 0 Å². The lowest BCUT2D eigenvalue weighted by molar-refractivity contribution is 0.178. The highest BCUT2D eigenvalue weighted by Crippen LogP contribution is 2.22. The highest BCUT2D eigenvalue weighted by molar-refractivity contribution is 5.85. The van der Waals surface area contributed by atoms with Gasteiger partial charge in [0.15, 0.2) is 0 Å². The van der Waals surface area contributed by atoms with Crippen molar-refractivity contribution in [1.82, 2.24) is 10.2 Å². The Balaban J connectivity index is 1.86. The van der Waals surface area contributed by atoms with Crippen molar-refractivity contribution in [3.8, 4) is 0 Å². The Morgan fingerprint density at radius 3 is 2.71 bits per heavy atom. The third-order valence-electron chi connectivity index (χ3n) is 4.40. The van der Waals surface area contributed by atoms with Gasteiger partial charge in [0.05, 0.1) is 0 Å². The van der Waals surface area contributed by atoms with E-state index in [2.05, 4.69) is 66.5 Å². The molecule has 0 unspecified atom stereocenters. The first-order valence-electron chi connectivity index (χ1n) is 8.15. The summed E-state index contributed by atoms with van der Waals surface area (Å²) in [6, 6.07) is 16.1. The van der Waals surface area contributed by atoms with Crippen LogP contribution in [0.15, 0.2) is 42.5 Å². The topological polar surface area (TPSA) is 15.3 Å². The van der Waals surface area contributed by atoms with Gasteiger partial charge in [0.25, 0.3) is 0 Å². The minimum absolute atomic E-state index is 0.686. The lowest BCUT2D eigenvalue weighted by Gasteiger charge is -2.30. The molecule has 1 N–H and O–H groups in total. The Kier molecular flexibility index (Phi) is 4.57. The van der Waals surface area contributed by atoms with Crippen molar-refractivity contribution in [2.45, 2.75) is 32.9 Å². The second-order valence-electron chi connectivity index (χ2n) is 6.61. The molecule has 1 fully saturated rings. The normalized spacial score (nSPS) is 19.0. The highest BCUT2D eigenvalue weighted by atomic mass is 15.2. The maximum Gasteiger partial charge on any atom is 0.0243 e. The summed E-state index contributed by atoms with van der Waals surface area (Å²) in [7, 11) is 0. The third-order valence-corrected chi connectivity index (χ3v) is 4.40. The maximum absolute atomic E-state index is 3.51. The van der Waals surface area contributed by atoms with Gasteiger partial charge in [0, 0.05) is 25.7 Å². The van der Waals surface area contributed by atoms with Crippen LogP contribution in [0.3, 0.4) is 0 Å². The minimum atomic E-state index is 0.686. The van der Waals surface area contributed by atoms with Gasteiger partial charge < -0.3 is 5.32 Å². The van der Waals surface area contributed by atoms with Gasteiger partial charge in [-0.2, -0.15) is 0 Å². The van der Waals surface area contributed by atoms with Gasteiger partial charge in [-0.05, 0) is 35.2 Å². The second-order valence-corrected chi connectivity index (χ2v) is 6.61. The summed E-state index contributed by atoms with van der Waals surface area (Å²) in [4.78, 5) is 2.67. The maximum atomic E-state index is 3.51. The fourth-order valence-corrected chi connectivity index (χ4v) is 3.41. The smallest absolute Gasteiger partial charge is 0.0243 e. The number of fused-ring (bicyclic) bond motifs is 1. The molecule has 2 heteroatoms. The molecule has 0 amide bonds. The molecule has 0 aromatic heterocycles. The van der Waals surface area contributed by atoms with Gasteiger partial charge >= 0.3 is 0 Å². The average molecular weight is 282 g/mol. The monoisotopic (exact) mass is 282 g/mol. The summed E-state index contributed by atoms with van der Waals surface area (Å²) < 4.78 is 0. The molecule has 2 nitrogen and oxygen atoms in total. The van der Waals surface area contributed by atoms with Crippen LogP contribution in [-0.4, -0.2) is 30.6 Å². The molecule has 1 aliphatic heterocycles. The highest BCUT2D eigenvalue weighted by Gasteiger charge is 2.23. The molecule has 0 saturated carbocycles. The molecule has 1 saturated heterocycles. The molecule has 1 atom stereocenters. The van der Waals surface area contributed by atoms with Crippen molar-refractivity contribution >= 4 is 10.8 Å². The van der Waals surface area contributed by atoms with Gasteiger partial charge in [0.1, 0.15) is 0 Å². The molecular formula is C19H26N2. The Morgan fingerprint density at radius 1 is 1.14 bits per heavy atom. The zero-order valence-electron chi connectivity index (χ0n) is 13.2. The van der Waals surface area contributed by atoms with E-state index in [4.69, 9.17) is 0 Å². The van der Waals surface area contributed by atoms with Gasteiger partial charge in [0.2, 0.25) is 0 Å². The van der Waals surface area contributed by atoms with Crippen molar-refractivity contribution < 1.29 is 0 Å². The number of benzene rings is 2. The standard InChI is InChI=1S/C19H26N2/c1-15(2)13-21(18-10-11-20-12-18)14-17-8-5-7-16-6-3-4-9-19(16)17/h3-9,15,18,20H,10-14H2,1-2H3/t18-/m0/s1. The average Bonchev–Trinajstić information content (AvgIpc) is 3.01. The van der Waals surface area contributed by atoms with Crippen molar-refractivity contribution in [3.63, 3.8) is 0 Å². The van der Waals surface area contributed by atoms with Crippen LogP contribution in [-0.2, 0) is 6.54 Å². The van der Waals surface area contributed by atoms with E-state index in [0.29, 0.717) is 12.0 Å². The summed E-state index contributed by atoms with van der Waals surface area (Å²) in [5, 5.41) is 6.26. The first kappa shape index (κ1) is 14.6. The van der Waals surface area contributed by atoms with Crippen molar-refractivity contribution in [2.75, 3.05) is 19.6 Å². The van der Waals surface area contributed by atoms with E-state index >= 15 is 0 Å².